The molecule has 0 amide bonds. The molecular formula is C97H161B4N. The predicted molar refractivity (Wildman–Crippen MR) is 477 cm³/mol. The molecule has 0 aliphatic rings. The van der Waals surface area contributed by atoms with Gasteiger partial charge in [-0.15, -0.1) is 0 Å². The number of hydrogen-bond acceptors (Lipinski definition) is 1. The summed E-state index contributed by atoms with van der Waals surface area (Å²) in [6.45, 7) is 108. The summed E-state index contributed by atoms with van der Waals surface area (Å²) < 4.78 is 0. The summed E-state index contributed by atoms with van der Waals surface area (Å²) in [5.74, 6) is 1.15. The number of benzene rings is 6. The number of hydrogen-bond donors (Lipinski definition) is 0. The highest BCUT2D eigenvalue weighted by molar-refractivity contribution is 6.81. The third kappa shape index (κ3) is 26.5. The molecule has 0 bridgehead atoms. The Morgan fingerprint density at radius 2 is 0.510 bits per heavy atom. The largest absolute Gasteiger partial charge is 0.297 e. The van der Waals surface area contributed by atoms with Crippen LogP contribution >= 0.6 is 0 Å². The summed E-state index contributed by atoms with van der Waals surface area (Å²) in [4.78, 5) is 2.38. The lowest BCUT2D eigenvalue weighted by molar-refractivity contribution is 0.0700. The maximum atomic E-state index is 2.52. The van der Waals surface area contributed by atoms with E-state index < -0.39 is 0 Å². The van der Waals surface area contributed by atoms with Crippen molar-refractivity contribution in [2.24, 2.45) is 0 Å². The second kappa shape index (κ2) is 34.2. The Morgan fingerprint density at radius 1 is 0.265 bits per heavy atom. The minimum absolute atomic E-state index is 0.116. The highest BCUT2D eigenvalue weighted by Crippen LogP contribution is 2.49. The zero-order valence-corrected chi connectivity index (χ0v) is 76.0. The molecule has 0 spiro atoms. The summed E-state index contributed by atoms with van der Waals surface area (Å²) in [6, 6.07) is 47.1. The predicted octanol–water partition coefficient (Wildman–Crippen LogP) is 28.6. The molecule has 0 unspecified atom stereocenters. The van der Waals surface area contributed by atoms with E-state index in [9.17, 15) is 0 Å². The lowest BCUT2D eigenvalue weighted by atomic mass is 9.20. The molecule has 0 aliphatic heterocycles. The highest BCUT2D eigenvalue weighted by atomic mass is 15.2. The summed E-state index contributed by atoms with van der Waals surface area (Å²) in [5.41, 5.74) is 22.9. The van der Waals surface area contributed by atoms with Gasteiger partial charge < -0.3 is 0 Å². The van der Waals surface area contributed by atoms with Crippen LogP contribution in [0.3, 0.4) is 0 Å². The quantitative estimate of drug-likeness (QED) is 0.137. The lowest BCUT2D eigenvalue weighted by Crippen LogP contribution is -2.52. The van der Waals surface area contributed by atoms with Gasteiger partial charge in [-0.25, -0.2) is 0 Å². The molecule has 0 fully saturated rings. The number of aryl methyl sites for hydroxylation is 2. The maximum Gasteiger partial charge on any atom is 0.188 e. The molecule has 0 aromatic heterocycles. The Morgan fingerprint density at radius 3 is 0.745 bits per heavy atom. The van der Waals surface area contributed by atoms with Crippen LogP contribution in [-0.2, 0) is 16.2 Å². The smallest absolute Gasteiger partial charge is 0.188 e. The Kier molecular flexibility index (Phi) is 31.4. The van der Waals surface area contributed by atoms with E-state index in [1.54, 1.807) is 16.4 Å². The zero-order valence-electron chi connectivity index (χ0n) is 76.0. The van der Waals surface area contributed by atoms with Crippen LogP contribution in [0, 0.1) is 13.8 Å². The van der Waals surface area contributed by atoms with E-state index in [-0.39, 0.29) is 69.8 Å². The molecule has 0 saturated carbocycles. The first-order valence-electron chi connectivity index (χ1n) is 39.7. The van der Waals surface area contributed by atoms with E-state index in [1.165, 1.54) is 66.7 Å². The van der Waals surface area contributed by atoms with Crippen molar-refractivity contribution >= 4 is 48.7 Å². The van der Waals surface area contributed by atoms with Crippen molar-refractivity contribution < 1.29 is 0 Å². The molecule has 0 heterocycles. The van der Waals surface area contributed by atoms with Gasteiger partial charge in [0, 0.05) is 11.1 Å². The van der Waals surface area contributed by atoms with Crippen LogP contribution in [0.15, 0.2) is 127 Å². The van der Waals surface area contributed by atoms with Gasteiger partial charge in [-0.3, -0.25) is 4.90 Å². The Hall–Kier alpha value is -4.46. The number of nitrogens with zero attached hydrogens (tertiary/aromatic N) is 1. The van der Waals surface area contributed by atoms with Crippen LogP contribution in [0.2, 0.25) is 42.5 Å². The van der Waals surface area contributed by atoms with Crippen molar-refractivity contribution in [1.82, 2.24) is 4.90 Å². The van der Waals surface area contributed by atoms with E-state index in [0.717, 1.165) is 0 Å². The third-order valence-corrected chi connectivity index (χ3v) is 21.0. The van der Waals surface area contributed by atoms with Gasteiger partial charge in [-0.2, -0.15) is 0 Å². The first-order valence-corrected chi connectivity index (χ1v) is 39.7. The minimum atomic E-state index is 0.116. The molecular weight excluding hydrogens is 1220 g/mol. The average Bonchev–Trinajstić information content (AvgIpc) is 0.763. The average molecular weight is 1380 g/mol. The van der Waals surface area contributed by atoms with Crippen molar-refractivity contribution in [2.45, 2.75) is 393 Å². The lowest BCUT2D eigenvalue weighted by Gasteiger charge is -2.44. The normalized spacial score (nSPS) is 13.3. The third-order valence-electron chi connectivity index (χ3n) is 21.0. The van der Waals surface area contributed by atoms with E-state index >= 15 is 0 Å². The van der Waals surface area contributed by atoms with E-state index in [1.807, 2.05) is 0 Å². The summed E-state index contributed by atoms with van der Waals surface area (Å²) in [5, 5.41) is 1.77. The van der Waals surface area contributed by atoms with Gasteiger partial charge in [0.25, 0.3) is 0 Å². The molecule has 6 aromatic rings. The zero-order chi connectivity index (χ0) is 80.1. The first-order chi connectivity index (χ1) is 45.3. The van der Waals surface area contributed by atoms with Crippen molar-refractivity contribution in [3.63, 3.8) is 0 Å². The van der Waals surface area contributed by atoms with Crippen LogP contribution in [0.4, 0.5) is 0 Å². The molecule has 0 N–H and O–H groups in total. The molecule has 0 atom stereocenters. The molecule has 1 nitrogen and oxygen atoms in total. The van der Waals surface area contributed by atoms with Gasteiger partial charge in [-0.1, -0.05) is 470 Å². The SMILES string of the molecule is CC(C)(C)B(c1c(-c2ccccc2)cccc1-c1ccccc1)C(C)(C)C.CC(C)(C)B(c1c(C(C)(C)C)cc(C(C)(C)C)cc1C(C)(C)C)C(C)(C)C.CC(C)c1cccc(C(C)C)c1B(C(C)(C)C)C(C)(C)C.CN(C(C)(C)C)C(C)(C)C.Cc1cccc(C)c1B(C(C)(C)C)C(C)(C)C. The molecule has 6 aromatic carbocycles. The van der Waals surface area contributed by atoms with Crippen LogP contribution in [0.1, 0.15) is 349 Å². The van der Waals surface area contributed by atoms with Gasteiger partial charge >= 0.3 is 0 Å². The van der Waals surface area contributed by atoms with Gasteiger partial charge in [-0.05, 0) is 129 Å². The molecule has 0 saturated heterocycles. The molecule has 5 heteroatoms. The fourth-order valence-corrected chi connectivity index (χ4v) is 18.1. The van der Waals surface area contributed by atoms with Crippen LogP contribution in [0.25, 0.3) is 22.3 Å². The maximum absolute atomic E-state index is 2.52. The summed E-state index contributed by atoms with van der Waals surface area (Å²) in [7, 11) is 2.17. The topological polar surface area (TPSA) is 3.24 Å². The van der Waals surface area contributed by atoms with E-state index in [0.29, 0.717) is 38.7 Å². The fourth-order valence-electron chi connectivity index (χ4n) is 18.1. The van der Waals surface area contributed by atoms with Crippen LogP contribution in [0.5, 0.6) is 0 Å². The van der Waals surface area contributed by atoms with Gasteiger partial charge in [0.05, 0.1) is 0 Å². The molecule has 6 rings (SSSR count). The molecule has 0 radical (unpaired) electrons. The van der Waals surface area contributed by atoms with Gasteiger partial charge in [0.1, 0.15) is 0 Å². The number of rotatable bonds is 8. The van der Waals surface area contributed by atoms with Crippen molar-refractivity contribution in [1.29, 1.82) is 0 Å². The Bertz CT molecular complexity index is 3330. The van der Waals surface area contributed by atoms with Crippen LogP contribution < -0.4 is 21.9 Å². The van der Waals surface area contributed by atoms with Gasteiger partial charge in [0.15, 0.2) is 26.9 Å². The summed E-state index contributed by atoms with van der Waals surface area (Å²) >= 11 is 0. The second-order valence-electron chi connectivity index (χ2n) is 45.3. The van der Waals surface area contributed by atoms with E-state index in [4.69, 9.17) is 0 Å². The van der Waals surface area contributed by atoms with Gasteiger partial charge in [0.2, 0.25) is 0 Å². The van der Waals surface area contributed by atoms with Crippen molar-refractivity contribution in [3.05, 3.63) is 166 Å². The monoisotopic (exact) mass is 1380 g/mol. The molecule has 102 heavy (non-hydrogen) atoms. The standard InChI is InChI=1S/C26H31B.C26H47B.C20H35B.C16H27B.C9H21N/c1-25(2,3)27(26(4,5)6)24-22(20-14-9-7-10-15-20)18-13-19-23(24)21-16-11-8-12-17-21;1-22(2,3)18-16-19(23(4,5)6)21(20(17-18)24(7,8)9)27(25(10,11)12)26(13,14)15;1-14(2)16-12-11-13-17(15(3)4)18(16)21(19(5,6)7)20(8,9)10;1-12-10-9-11-13(2)14(12)17(15(3,4)5)16(6,7)8;1-8(2,3)10(7)9(4,5)6/h7-19H,1-6H3;16-17H,1-15H3;11-15H,1-10H3;9-11H,1-8H3;1-7H3. The molecule has 566 valence electrons. The fraction of sp³-hybridized carbons (Fsp3) is 0.629. The first kappa shape index (κ1) is 93.6. The van der Waals surface area contributed by atoms with Crippen molar-refractivity contribution in [2.75, 3.05) is 7.05 Å². The molecule has 0 aliphatic carbocycles. The minimum Gasteiger partial charge on any atom is -0.297 e. The van der Waals surface area contributed by atoms with Crippen molar-refractivity contribution in [3.8, 4) is 22.3 Å². The Balaban J connectivity index is 0.000000448. The van der Waals surface area contributed by atoms with E-state index in [2.05, 4.69) is 451 Å². The summed E-state index contributed by atoms with van der Waals surface area (Å²) in [6.07, 6.45) is 0. The second-order valence-corrected chi connectivity index (χ2v) is 45.3. The highest BCUT2D eigenvalue weighted by Gasteiger charge is 2.47. The van der Waals surface area contributed by atoms with Crippen LogP contribution in [-0.4, -0.2) is 49.9 Å². The Labute approximate surface area is 638 Å².